The predicted molar refractivity (Wildman–Crippen MR) is 68.4 cm³/mol. The van der Waals surface area contributed by atoms with Gasteiger partial charge in [0.1, 0.15) is 0 Å². The minimum absolute atomic E-state index is 0.255. The lowest BCUT2D eigenvalue weighted by molar-refractivity contribution is 0.0685. The number of hydrogen-bond acceptors (Lipinski definition) is 4. The number of carbonyl (C=O) groups is 2. The largest absolute Gasteiger partial charge is 0.476 e. The lowest BCUT2D eigenvalue weighted by Crippen LogP contribution is -2.19. The van der Waals surface area contributed by atoms with E-state index >= 15 is 0 Å². The molecule has 0 aliphatic rings. The quantitative estimate of drug-likeness (QED) is 0.896. The molecule has 0 aliphatic heterocycles. The second kappa shape index (κ2) is 5.45. The average Bonchev–Trinajstić information content (AvgIpc) is 2.38. The number of carbonyl (C=O) groups excluding carboxylic acids is 1. The Morgan fingerprint density at radius 2 is 1.84 bits per heavy atom. The molecule has 6 nitrogen and oxygen atoms in total. The normalized spacial score (nSPS) is 9.95. The Morgan fingerprint density at radius 1 is 1.16 bits per heavy atom. The van der Waals surface area contributed by atoms with Crippen LogP contribution < -0.4 is 5.32 Å². The van der Waals surface area contributed by atoms with Gasteiger partial charge in [0.05, 0.1) is 0 Å². The van der Waals surface area contributed by atoms with Crippen LogP contribution in [0.15, 0.2) is 36.7 Å². The van der Waals surface area contributed by atoms with Crippen molar-refractivity contribution >= 4 is 29.2 Å². The van der Waals surface area contributed by atoms with Gasteiger partial charge in [0.25, 0.3) is 5.91 Å². The van der Waals surface area contributed by atoms with Crippen molar-refractivity contribution in [1.29, 1.82) is 0 Å². The molecule has 2 aromatic rings. The standard InChI is InChI=1S/C12H8ClN3O3/c13-7-2-1-3-8(6-7)16-11(17)9-10(12(18)19)15-5-4-14-9/h1-6H,(H,16,17)(H,18,19). The number of aromatic nitrogens is 2. The monoisotopic (exact) mass is 277 g/mol. The molecule has 0 aliphatic carbocycles. The summed E-state index contributed by atoms with van der Waals surface area (Å²) in [5.74, 6) is -1.97. The first-order valence-corrected chi connectivity index (χ1v) is 5.57. The molecule has 0 atom stereocenters. The molecular weight excluding hydrogens is 270 g/mol. The van der Waals surface area contributed by atoms with Gasteiger partial charge >= 0.3 is 5.97 Å². The molecule has 1 aromatic carbocycles. The number of aromatic carboxylic acids is 1. The zero-order valence-electron chi connectivity index (χ0n) is 9.50. The Hall–Kier alpha value is -2.47. The van der Waals surface area contributed by atoms with E-state index in [0.29, 0.717) is 10.7 Å². The molecule has 7 heteroatoms. The lowest BCUT2D eigenvalue weighted by Gasteiger charge is -2.06. The highest BCUT2D eigenvalue weighted by molar-refractivity contribution is 6.31. The minimum atomic E-state index is -1.32. The molecule has 1 aromatic heterocycles. The van der Waals surface area contributed by atoms with Gasteiger partial charge in [-0.15, -0.1) is 0 Å². The Bertz CT molecular complexity index is 646. The van der Waals surface area contributed by atoms with Crippen molar-refractivity contribution < 1.29 is 14.7 Å². The minimum Gasteiger partial charge on any atom is -0.476 e. The number of carboxylic acid groups (broad SMARTS) is 1. The van der Waals surface area contributed by atoms with Gasteiger partial charge in [0.2, 0.25) is 0 Å². The molecule has 0 saturated heterocycles. The first-order chi connectivity index (χ1) is 9.08. The molecule has 0 saturated carbocycles. The van der Waals surface area contributed by atoms with Crippen LogP contribution in [-0.4, -0.2) is 27.0 Å². The van der Waals surface area contributed by atoms with Crippen molar-refractivity contribution in [3.63, 3.8) is 0 Å². The number of amides is 1. The fourth-order valence-corrected chi connectivity index (χ4v) is 1.61. The third-order valence-electron chi connectivity index (χ3n) is 2.20. The number of nitrogens with zero attached hydrogens (tertiary/aromatic N) is 2. The average molecular weight is 278 g/mol. The van der Waals surface area contributed by atoms with Gasteiger partial charge in [-0.3, -0.25) is 4.79 Å². The van der Waals surface area contributed by atoms with Crippen molar-refractivity contribution in [3.05, 3.63) is 53.1 Å². The Kier molecular flexibility index (Phi) is 3.72. The van der Waals surface area contributed by atoms with E-state index in [1.54, 1.807) is 18.2 Å². The summed E-state index contributed by atoms with van der Waals surface area (Å²) in [6.07, 6.45) is 2.46. The van der Waals surface area contributed by atoms with Gasteiger partial charge in [0.15, 0.2) is 11.4 Å². The van der Waals surface area contributed by atoms with Crippen LogP contribution in [0.3, 0.4) is 0 Å². The van der Waals surface area contributed by atoms with E-state index in [2.05, 4.69) is 15.3 Å². The molecule has 0 fully saturated rings. The molecule has 2 N–H and O–H groups in total. The summed E-state index contributed by atoms with van der Waals surface area (Å²) in [5.41, 5.74) is -0.212. The van der Waals surface area contributed by atoms with Gasteiger partial charge in [-0.25, -0.2) is 14.8 Å². The first kappa shape index (κ1) is 13.0. The third kappa shape index (κ3) is 3.05. The number of rotatable bonds is 3. The summed E-state index contributed by atoms with van der Waals surface area (Å²) in [4.78, 5) is 30.2. The summed E-state index contributed by atoms with van der Waals surface area (Å²) in [5, 5.41) is 11.9. The fourth-order valence-electron chi connectivity index (χ4n) is 1.42. The van der Waals surface area contributed by atoms with Gasteiger partial charge in [-0.2, -0.15) is 0 Å². The number of nitrogens with one attached hydrogen (secondary N) is 1. The summed E-state index contributed by atoms with van der Waals surface area (Å²) in [6.45, 7) is 0. The maximum absolute atomic E-state index is 11.9. The summed E-state index contributed by atoms with van der Waals surface area (Å²) in [6, 6.07) is 6.48. The first-order valence-electron chi connectivity index (χ1n) is 5.19. The summed E-state index contributed by atoms with van der Waals surface area (Å²) < 4.78 is 0. The second-order valence-electron chi connectivity index (χ2n) is 3.52. The van der Waals surface area contributed by atoms with Crippen LogP contribution in [0.5, 0.6) is 0 Å². The zero-order valence-corrected chi connectivity index (χ0v) is 10.3. The molecule has 1 heterocycles. The van der Waals surface area contributed by atoms with E-state index in [1.165, 1.54) is 18.5 Å². The van der Waals surface area contributed by atoms with E-state index in [-0.39, 0.29) is 5.69 Å². The second-order valence-corrected chi connectivity index (χ2v) is 3.96. The Morgan fingerprint density at radius 3 is 2.47 bits per heavy atom. The topological polar surface area (TPSA) is 92.2 Å². The van der Waals surface area contributed by atoms with Crippen molar-refractivity contribution in [2.45, 2.75) is 0 Å². The molecule has 0 spiro atoms. The summed E-state index contributed by atoms with van der Waals surface area (Å²) in [7, 11) is 0. The van der Waals surface area contributed by atoms with Crippen LogP contribution in [0, 0.1) is 0 Å². The number of hydrogen-bond donors (Lipinski definition) is 2. The maximum atomic E-state index is 11.9. The Balaban J connectivity index is 2.28. The van der Waals surface area contributed by atoms with Gasteiger partial charge in [-0.1, -0.05) is 17.7 Å². The highest BCUT2D eigenvalue weighted by Gasteiger charge is 2.19. The molecular formula is C12H8ClN3O3. The van der Waals surface area contributed by atoms with Crippen molar-refractivity contribution in [2.75, 3.05) is 5.32 Å². The van der Waals surface area contributed by atoms with Crippen molar-refractivity contribution in [3.8, 4) is 0 Å². The highest BCUT2D eigenvalue weighted by atomic mass is 35.5. The van der Waals surface area contributed by atoms with E-state index in [1.807, 2.05) is 0 Å². The Labute approximate surface area is 113 Å². The molecule has 2 rings (SSSR count). The molecule has 0 unspecified atom stereocenters. The molecule has 19 heavy (non-hydrogen) atoms. The molecule has 1 amide bonds. The SMILES string of the molecule is O=C(O)c1nccnc1C(=O)Nc1cccc(Cl)c1. The van der Waals surface area contributed by atoms with Crippen LogP contribution in [0.2, 0.25) is 5.02 Å². The van der Waals surface area contributed by atoms with Gasteiger partial charge < -0.3 is 10.4 Å². The van der Waals surface area contributed by atoms with E-state index in [4.69, 9.17) is 16.7 Å². The van der Waals surface area contributed by atoms with Gasteiger partial charge in [-0.05, 0) is 18.2 Å². The number of halogens is 1. The van der Waals surface area contributed by atoms with E-state index < -0.39 is 17.6 Å². The predicted octanol–water partition coefficient (Wildman–Crippen LogP) is 2.08. The van der Waals surface area contributed by atoms with Crippen molar-refractivity contribution in [1.82, 2.24) is 9.97 Å². The summed E-state index contributed by atoms with van der Waals surface area (Å²) >= 11 is 5.78. The van der Waals surface area contributed by atoms with Crippen LogP contribution >= 0.6 is 11.6 Å². The zero-order chi connectivity index (χ0) is 13.8. The fraction of sp³-hybridized carbons (Fsp3) is 0. The molecule has 0 radical (unpaired) electrons. The lowest BCUT2D eigenvalue weighted by atomic mass is 10.2. The van der Waals surface area contributed by atoms with E-state index in [0.717, 1.165) is 0 Å². The van der Waals surface area contributed by atoms with Crippen LogP contribution in [-0.2, 0) is 0 Å². The third-order valence-corrected chi connectivity index (χ3v) is 2.43. The maximum Gasteiger partial charge on any atom is 0.356 e. The number of benzene rings is 1. The number of anilines is 1. The van der Waals surface area contributed by atoms with Crippen molar-refractivity contribution in [2.24, 2.45) is 0 Å². The van der Waals surface area contributed by atoms with Crippen LogP contribution in [0.4, 0.5) is 5.69 Å². The van der Waals surface area contributed by atoms with Crippen LogP contribution in [0.25, 0.3) is 0 Å². The van der Waals surface area contributed by atoms with Crippen LogP contribution in [0.1, 0.15) is 21.0 Å². The van der Waals surface area contributed by atoms with Gasteiger partial charge in [0, 0.05) is 23.1 Å². The smallest absolute Gasteiger partial charge is 0.356 e. The molecule has 0 bridgehead atoms. The molecule has 96 valence electrons. The highest BCUT2D eigenvalue weighted by Crippen LogP contribution is 2.16. The number of carboxylic acids is 1. The van der Waals surface area contributed by atoms with E-state index in [9.17, 15) is 9.59 Å².